The molecule has 134 valence electrons. The van der Waals surface area contributed by atoms with Crippen LogP contribution in [0.25, 0.3) is 0 Å². The molecular formula is C20H19BrN2O3. The maximum atomic E-state index is 10.9. The number of hydrogen-bond donors (Lipinski definition) is 1. The van der Waals surface area contributed by atoms with Gasteiger partial charge in [-0.15, -0.1) is 0 Å². The molecule has 2 aliphatic heterocycles. The van der Waals surface area contributed by atoms with Crippen LogP contribution in [0.2, 0.25) is 0 Å². The summed E-state index contributed by atoms with van der Waals surface area (Å²) in [6, 6.07) is 16.4. The second-order valence-corrected chi connectivity index (χ2v) is 7.73. The molecule has 2 heterocycles. The van der Waals surface area contributed by atoms with Crippen LogP contribution in [0.1, 0.15) is 29.2 Å². The monoisotopic (exact) mass is 414 g/mol. The Hall–Kier alpha value is -2.18. The van der Waals surface area contributed by atoms with Gasteiger partial charge in [-0.05, 0) is 28.8 Å². The van der Waals surface area contributed by atoms with E-state index in [2.05, 4.69) is 62.4 Å². The van der Waals surface area contributed by atoms with Gasteiger partial charge in [-0.25, -0.2) is 0 Å². The summed E-state index contributed by atoms with van der Waals surface area (Å²) in [7, 11) is 0. The first-order chi connectivity index (χ1) is 12.6. The summed E-state index contributed by atoms with van der Waals surface area (Å²) in [5.41, 5.74) is 4.32. The number of carboxylic acids is 1. The lowest BCUT2D eigenvalue weighted by atomic mass is 9.98. The highest BCUT2D eigenvalue weighted by molar-refractivity contribution is 9.10. The smallest absolute Gasteiger partial charge is 0.309 e. The Morgan fingerprint density at radius 1 is 1.23 bits per heavy atom. The van der Waals surface area contributed by atoms with E-state index >= 15 is 0 Å². The number of benzene rings is 2. The highest BCUT2D eigenvalue weighted by Gasteiger charge is 2.32. The van der Waals surface area contributed by atoms with Gasteiger partial charge in [0.1, 0.15) is 0 Å². The number of rotatable bonds is 5. The number of oxime groups is 1. The molecule has 0 aliphatic carbocycles. The van der Waals surface area contributed by atoms with Gasteiger partial charge in [-0.3, -0.25) is 9.69 Å². The van der Waals surface area contributed by atoms with Crippen LogP contribution in [-0.4, -0.2) is 34.8 Å². The van der Waals surface area contributed by atoms with Gasteiger partial charge in [-0.2, -0.15) is 0 Å². The van der Waals surface area contributed by atoms with Crippen molar-refractivity contribution in [2.45, 2.75) is 19.1 Å². The van der Waals surface area contributed by atoms with Crippen molar-refractivity contribution in [3.05, 3.63) is 69.7 Å². The van der Waals surface area contributed by atoms with Crippen LogP contribution in [0.5, 0.6) is 0 Å². The molecule has 0 saturated carbocycles. The highest BCUT2D eigenvalue weighted by atomic mass is 79.9. The third-order valence-electron chi connectivity index (χ3n) is 4.89. The van der Waals surface area contributed by atoms with Crippen LogP contribution < -0.4 is 0 Å². The van der Waals surface area contributed by atoms with Gasteiger partial charge < -0.3 is 9.94 Å². The van der Waals surface area contributed by atoms with E-state index < -0.39 is 5.97 Å². The lowest BCUT2D eigenvalue weighted by Crippen LogP contribution is -2.49. The van der Waals surface area contributed by atoms with Crippen molar-refractivity contribution in [2.24, 2.45) is 11.1 Å². The SMILES string of the molecule is O=C(O)C1CN(Cc2ccc(C3=NOC(c4cccc(Br)c4)C3)cc2)C1. The van der Waals surface area contributed by atoms with E-state index in [1.165, 1.54) is 5.56 Å². The normalized spacial score (nSPS) is 20.3. The van der Waals surface area contributed by atoms with E-state index in [-0.39, 0.29) is 12.0 Å². The van der Waals surface area contributed by atoms with E-state index in [1.807, 2.05) is 12.1 Å². The molecule has 2 aliphatic rings. The number of nitrogens with zero attached hydrogens (tertiary/aromatic N) is 2. The minimum absolute atomic E-state index is 0.0452. The standard InChI is InChI=1S/C20H19BrN2O3/c21-17-3-1-2-15(8-17)19-9-18(22-26-19)14-6-4-13(5-7-14)10-23-11-16(12-23)20(24)25/h1-8,16,19H,9-12H2,(H,24,25). The van der Waals surface area contributed by atoms with Crippen molar-refractivity contribution in [3.8, 4) is 0 Å². The first kappa shape index (κ1) is 17.2. The summed E-state index contributed by atoms with van der Waals surface area (Å²) in [6.45, 7) is 2.05. The molecule has 2 aromatic carbocycles. The van der Waals surface area contributed by atoms with Crippen LogP contribution in [0, 0.1) is 5.92 Å². The second kappa shape index (κ2) is 7.21. The Balaban J connectivity index is 1.35. The Bertz CT molecular complexity index is 844. The molecule has 0 bridgehead atoms. The third kappa shape index (κ3) is 3.66. The zero-order chi connectivity index (χ0) is 18.1. The molecule has 1 N–H and O–H groups in total. The first-order valence-electron chi connectivity index (χ1n) is 8.61. The molecule has 1 unspecified atom stereocenters. The average molecular weight is 415 g/mol. The van der Waals surface area contributed by atoms with Crippen LogP contribution in [0.4, 0.5) is 0 Å². The van der Waals surface area contributed by atoms with Crippen molar-refractivity contribution in [3.63, 3.8) is 0 Å². The van der Waals surface area contributed by atoms with Crippen molar-refractivity contribution in [1.82, 2.24) is 4.90 Å². The molecule has 2 aromatic rings. The summed E-state index contributed by atoms with van der Waals surface area (Å²) in [6.07, 6.45) is 0.707. The summed E-state index contributed by atoms with van der Waals surface area (Å²) >= 11 is 3.49. The summed E-state index contributed by atoms with van der Waals surface area (Å²) in [5.74, 6) is -0.912. The predicted molar refractivity (Wildman–Crippen MR) is 102 cm³/mol. The van der Waals surface area contributed by atoms with Gasteiger partial charge >= 0.3 is 5.97 Å². The maximum absolute atomic E-state index is 10.9. The van der Waals surface area contributed by atoms with Crippen molar-refractivity contribution < 1.29 is 14.7 Å². The van der Waals surface area contributed by atoms with Gasteiger partial charge in [0.05, 0.1) is 11.6 Å². The summed E-state index contributed by atoms with van der Waals surface area (Å²) in [4.78, 5) is 18.6. The molecule has 1 saturated heterocycles. The Morgan fingerprint density at radius 3 is 2.69 bits per heavy atom. The number of aliphatic carboxylic acids is 1. The average Bonchev–Trinajstić information content (AvgIpc) is 3.08. The molecule has 0 spiro atoms. The maximum Gasteiger partial charge on any atom is 0.309 e. The van der Waals surface area contributed by atoms with E-state index in [1.54, 1.807) is 0 Å². The van der Waals surface area contributed by atoms with Crippen molar-refractivity contribution in [2.75, 3.05) is 13.1 Å². The Morgan fingerprint density at radius 2 is 2.00 bits per heavy atom. The zero-order valence-electron chi connectivity index (χ0n) is 14.1. The molecular weight excluding hydrogens is 396 g/mol. The fourth-order valence-corrected chi connectivity index (χ4v) is 3.77. The number of halogens is 1. The van der Waals surface area contributed by atoms with E-state index in [0.717, 1.165) is 34.3 Å². The van der Waals surface area contributed by atoms with Crippen LogP contribution in [0.15, 0.2) is 58.2 Å². The molecule has 26 heavy (non-hydrogen) atoms. The quantitative estimate of drug-likeness (QED) is 0.807. The van der Waals surface area contributed by atoms with Crippen molar-refractivity contribution in [1.29, 1.82) is 0 Å². The number of carbonyl (C=O) groups is 1. The fourth-order valence-electron chi connectivity index (χ4n) is 3.35. The highest BCUT2D eigenvalue weighted by Crippen LogP contribution is 2.31. The molecule has 4 rings (SSSR count). The minimum Gasteiger partial charge on any atom is -0.481 e. The summed E-state index contributed by atoms with van der Waals surface area (Å²) in [5, 5.41) is 13.2. The topological polar surface area (TPSA) is 62.1 Å². The Kier molecular flexibility index (Phi) is 4.78. The lowest BCUT2D eigenvalue weighted by Gasteiger charge is -2.36. The predicted octanol–water partition coefficient (Wildman–Crippen LogP) is 3.83. The second-order valence-electron chi connectivity index (χ2n) is 6.82. The molecule has 0 radical (unpaired) electrons. The lowest BCUT2D eigenvalue weighted by molar-refractivity contribution is -0.147. The minimum atomic E-state index is -0.698. The number of hydrogen-bond acceptors (Lipinski definition) is 4. The first-order valence-corrected chi connectivity index (χ1v) is 9.40. The summed E-state index contributed by atoms with van der Waals surface area (Å²) < 4.78 is 1.03. The Labute approximate surface area is 160 Å². The van der Waals surface area contributed by atoms with Crippen LogP contribution in [-0.2, 0) is 16.2 Å². The van der Waals surface area contributed by atoms with Gasteiger partial charge in [0.2, 0.25) is 0 Å². The van der Waals surface area contributed by atoms with Gasteiger partial charge in [0.25, 0.3) is 0 Å². The molecule has 5 nitrogen and oxygen atoms in total. The molecule has 1 fully saturated rings. The van der Waals surface area contributed by atoms with E-state index in [4.69, 9.17) is 9.94 Å². The third-order valence-corrected chi connectivity index (χ3v) is 5.38. The zero-order valence-corrected chi connectivity index (χ0v) is 15.7. The van der Waals surface area contributed by atoms with Crippen LogP contribution in [0.3, 0.4) is 0 Å². The number of carboxylic acid groups (broad SMARTS) is 1. The molecule has 0 amide bonds. The van der Waals surface area contributed by atoms with Gasteiger partial charge in [0.15, 0.2) is 6.10 Å². The van der Waals surface area contributed by atoms with Crippen molar-refractivity contribution >= 4 is 27.6 Å². The molecule has 0 aromatic heterocycles. The largest absolute Gasteiger partial charge is 0.481 e. The van der Waals surface area contributed by atoms with Crippen LogP contribution >= 0.6 is 15.9 Å². The molecule has 1 atom stereocenters. The van der Waals surface area contributed by atoms with E-state index in [9.17, 15) is 4.79 Å². The molecule has 6 heteroatoms. The van der Waals surface area contributed by atoms with Gasteiger partial charge in [-0.1, -0.05) is 57.5 Å². The number of likely N-dealkylation sites (tertiary alicyclic amines) is 1. The van der Waals surface area contributed by atoms with E-state index in [0.29, 0.717) is 13.1 Å². The fraction of sp³-hybridized carbons (Fsp3) is 0.300. The van der Waals surface area contributed by atoms with Gasteiger partial charge in [0, 0.05) is 30.5 Å².